The van der Waals surface area contributed by atoms with Crippen LogP contribution in [0, 0.1) is 11.3 Å². The molecular formula is C9H15N5. The lowest BCUT2D eigenvalue weighted by molar-refractivity contribution is 0.186. The minimum absolute atomic E-state index is 0.218. The van der Waals surface area contributed by atoms with Gasteiger partial charge in [0.1, 0.15) is 5.82 Å². The Morgan fingerprint density at radius 2 is 2.14 bits per heavy atom. The fraction of sp³-hybridized carbons (Fsp3) is 0.667. The second-order valence-corrected chi connectivity index (χ2v) is 3.89. The maximum Gasteiger partial charge on any atom is 0.170 e. The van der Waals surface area contributed by atoms with Crippen molar-refractivity contribution in [1.29, 1.82) is 5.26 Å². The van der Waals surface area contributed by atoms with Gasteiger partial charge in [-0.05, 0) is 27.9 Å². The summed E-state index contributed by atoms with van der Waals surface area (Å²) in [6.45, 7) is 4.07. The van der Waals surface area contributed by atoms with Gasteiger partial charge in [-0.25, -0.2) is 4.98 Å². The Kier molecular flexibility index (Phi) is 2.87. The predicted molar refractivity (Wildman–Crippen MR) is 52.4 cm³/mol. The Hall–Kier alpha value is -1.41. The van der Waals surface area contributed by atoms with Gasteiger partial charge in [0.05, 0.1) is 18.0 Å². The van der Waals surface area contributed by atoms with Crippen LogP contribution >= 0.6 is 0 Å². The number of H-pyrrole nitrogens is 1. The third kappa shape index (κ3) is 1.91. The van der Waals surface area contributed by atoms with Crippen molar-refractivity contribution < 1.29 is 0 Å². The molecule has 0 fully saturated rings. The van der Waals surface area contributed by atoms with Crippen LogP contribution in [0.1, 0.15) is 25.5 Å². The third-order valence-corrected chi connectivity index (χ3v) is 2.44. The van der Waals surface area contributed by atoms with Crippen LogP contribution in [0.25, 0.3) is 0 Å². The number of hydrogen-bond acceptors (Lipinski definition) is 4. The quantitative estimate of drug-likeness (QED) is 0.766. The summed E-state index contributed by atoms with van der Waals surface area (Å²) >= 11 is 0. The first kappa shape index (κ1) is 10.7. The molecule has 1 rings (SSSR count). The van der Waals surface area contributed by atoms with Gasteiger partial charge in [-0.15, -0.1) is 0 Å². The van der Waals surface area contributed by atoms with E-state index >= 15 is 0 Å². The standard InChI is InChI=1S/C9H15N5/c1-9(2,14(3)4)8-11-7(5-6-10)12-13-8/h5H2,1-4H3,(H,11,12,13). The highest BCUT2D eigenvalue weighted by Crippen LogP contribution is 2.21. The van der Waals surface area contributed by atoms with Crippen LogP contribution in [0.4, 0.5) is 0 Å². The molecule has 0 bridgehead atoms. The number of nitriles is 1. The first-order valence-electron chi connectivity index (χ1n) is 4.44. The zero-order chi connectivity index (χ0) is 10.8. The number of rotatable bonds is 3. The normalized spacial score (nSPS) is 11.7. The van der Waals surface area contributed by atoms with Crippen LogP contribution < -0.4 is 0 Å². The molecule has 76 valence electrons. The summed E-state index contributed by atoms with van der Waals surface area (Å²) < 4.78 is 0. The van der Waals surface area contributed by atoms with Crippen LogP contribution in [0.5, 0.6) is 0 Å². The van der Waals surface area contributed by atoms with Crippen LogP contribution in [0.15, 0.2) is 0 Å². The SMILES string of the molecule is CN(C)C(C)(C)c1n[nH]c(CC#N)n1. The molecule has 0 saturated heterocycles. The number of aromatic amines is 1. The van der Waals surface area contributed by atoms with Gasteiger partial charge >= 0.3 is 0 Å². The van der Waals surface area contributed by atoms with Crippen molar-refractivity contribution in [1.82, 2.24) is 20.1 Å². The molecule has 0 amide bonds. The van der Waals surface area contributed by atoms with Crippen molar-refractivity contribution in [3.63, 3.8) is 0 Å². The zero-order valence-electron chi connectivity index (χ0n) is 9.00. The summed E-state index contributed by atoms with van der Waals surface area (Å²) in [5.74, 6) is 1.34. The fourth-order valence-corrected chi connectivity index (χ4v) is 0.923. The molecule has 1 N–H and O–H groups in total. The topological polar surface area (TPSA) is 68.6 Å². The predicted octanol–water partition coefficient (Wildman–Crippen LogP) is 0.667. The third-order valence-electron chi connectivity index (χ3n) is 2.44. The lowest BCUT2D eigenvalue weighted by Gasteiger charge is -2.29. The van der Waals surface area contributed by atoms with Crippen molar-refractivity contribution in [2.75, 3.05) is 14.1 Å². The Labute approximate surface area is 83.8 Å². The highest BCUT2D eigenvalue weighted by molar-refractivity contribution is 5.04. The number of hydrogen-bond donors (Lipinski definition) is 1. The van der Waals surface area contributed by atoms with E-state index in [2.05, 4.69) is 15.2 Å². The van der Waals surface area contributed by atoms with Gasteiger partial charge in [-0.1, -0.05) is 0 Å². The van der Waals surface area contributed by atoms with Crippen molar-refractivity contribution in [3.8, 4) is 6.07 Å². The highest BCUT2D eigenvalue weighted by atomic mass is 15.3. The smallest absolute Gasteiger partial charge is 0.170 e. The van der Waals surface area contributed by atoms with E-state index in [0.717, 1.165) is 0 Å². The molecule has 0 unspecified atom stereocenters. The molecule has 0 saturated carbocycles. The minimum Gasteiger partial charge on any atom is -0.297 e. The van der Waals surface area contributed by atoms with Gasteiger partial charge in [-0.3, -0.25) is 10.00 Å². The van der Waals surface area contributed by atoms with Crippen LogP contribution in [0.2, 0.25) is 0 Å². The number of nitrogens with one attached hydrogen (secondary N) is 1. The molecule has 0 aromatic carbocycles. The summed E-state index contributed by atoms with van der Waals surface area (Å²) in [4.78, 5) is 6.30. The molecule has 0 aliphatic carbocycles. The molecule has 1 aromatic heterocycles. The zero-order valence-corrected chi connectivity index (χ0v) is 9.00. The van der Waals surface area contributed by atoms with E-state index in [1.54, 1.807) is 0 Å². The average Bonchev–Trinajstić information content (AvgIpc) is 2.53. The van der Waals surface area contributed by atoms with Gasteiger partial charge in [-0.2, -0.15) is 10.4 Å². The Morgan fingerprint density at radius 1 is 1.50 bits per heavy atom. The summed E-state index contributed by atoms with van der Waals surface area (Å²) in [6, 6.07) is 2.03. The van der Waals surface area contributed by atoms with E-state index in [4.69, 9.17) is 5.26 Å². The lowest BCUT2D eigenvalue weighted by atomic mass is 10.0. The van der Waals surface area contributed by atoms with E-state index in [1.165, 1.54) is 0 Å². The van der Waals surface area contributed by atoms with E-state index in [1.807, 2.05) is 38.9 Å². The minimum atomic E-state index is -0.218. The van der Waals surface area contributed by atoms with Gasteiger partial charge in [0.25, 0.3) is 0 Å². The molecule has 0 aliphatic rings. The molecule has 0 spiro atoms. The Balaban J connectivity index is 2.92. The monoisotopic (exact) mass is 193 g/mol. The van der Waals surface area contributed by atoms with Gasteiger partial charge in [0, 0.05) is 0 Å². The Bertz CT molecular complexity index is 344. The van der Waals surface area contributed by atoms with Crippen molar-refractivity contribution in [2.24, 2.45) is 0 Å². The van der Waals surface area contributed by atoms with Crippen molar-refractivity contribution in [3.05, 3.63) is 11.6 Å². The van der Waals surface area contributed by atoms with Crippen LogP contribution in [-0.2, 0) is 12.0 Å². The second-order valence-electron chi connectivity index (χ2n) is 3.89. The second kappa shape index (κ2) is 3.76. The van der Waals surface area contributed by atoms with Crippen LogP contribution in [-0.4, -0.2) is 34.2 Å². The Morgan fingerprint density at radius 3 is 2.64 bits per heavy atom. The average molecular weight is 193 g/mol. The number of nitrogens with zero attached hydrogens (tertiary/aromatic N) is 4. The summed E-state index contributed by atoms with van der Waals surface area (Å²) in [6.07, 6.45) is 0.274. The molecule has 5 nitrogen and oxygen atoms in total. The molecule has 1 heterocycles. The molecule has 14 heavy (non-hydrogen) atoms. The van der Waals surface area contributed by atoms with Crippen LogP contribution in [0.3, 0.4) is 0 Å². The van der Waals surface area contributed by atoms with E-state index in [-0.39, 0.29) is 12.0 Å². The van der Waals surface area contributed by atoms with Crippen molar-refractivity contribution >= 4 is 0 Å². The van der Waals surface area contributed by atoms with Gasteiger partial charge in [0.15, 0.2) is 5.82 Å². The van der Waals surface area contributed by atoms with E-state index in [9.17, 15) is 0 Å². The molecule has 1 aromatic rings. The number of aromatic nitrogens is 3. The fourth-order valence-electron chi connectivity index (χ4n) is 0.923. The molecule has 5 heteroatoms. The summed E-state index contributed by atoms with van der Waals surface area (Å²) in [5.41, 5.74) is -0.218. The van der Waals surface area contributed by atoms with E-state index < -0.39 is 0 Å². The molecule has 0 radical (unpaired) electrons. The highest BCUT2D eigenvalue weighted by Gasteiger charge is 2.27. The summed E-state index contributed by atoms with van der Waals surface area (Å²) in [5, 5.41) is 15.3. The maximum atomic E-state index is 8.49. The summed E-state index contributed by atoms with van der Waals surface area (Å²) in [7, 11) is 3.95. The van der Waals surface area contributed by atoms with Gasteiger partial charge in [0.2, 0.25) is 0 Å². The largest absolute Gasteiger partial charge is 0.297 e. The lowest BCUT2D eigenvalue weighted by Crippen LogP contribution is -2.36. The molecule has 0 aliphatic heterocycles. The van der Waals surface area contributed by atoms with Gasteiger partial charge < -0.3 is 0 Å². The first-order chi connectivity index (χ1) is 6.48. The maximum absolute atomic E-state index is 8.49. The molecule has 0 atom stereocenters. The first-order valence-corrected chi connectivity index (χ1v) is 4.44. The molecular weight excluding hydrogens is 178 g/mol. The van der Waals surface area contributed by atoms with Crippen molar-refractivity contribution in [2.45, 2.75) is 25.8 Å². The van der Waals surface area contributed by atoms with E-state index in [0.29, 0.717) is 11.6 Å².